The molecule has 0 heterocycles. The molecule has 0 saturated heterocycles. The maximum absolute atomic E-state index is 12.8. The average Bonchev–Trinajstić information content (AvgIpc) is 2.51. The van der Waals surface area contributed by atoms with Gasteiger partial charge in [0.15, 0.2) is 0 Å². The number of carbonyl (C=O) groups excluding carboxylic acids is 2. The number of benzene rings is 2. The van der Waals surface area contributed by atoms with Crippen LogP contribution in [0.2, 0.25) is 0 Å². The Bertz CT molecular complexity index is 710. The van der Waals surface area contributed by atoms with Crippen LogP contribution in [0.1, 0.15) is 12.5 Å². The summed E-state index contributed by atoms with van der Waals surface area (Å²) in [5, 5.41) is 7.83. The van der Waals surface area contributed by atoms with Gasteiger partial charge >= 0.3 is 6.03 Å². The topological polar surface area (TPSA) is 70.2 Å². The molecule has 0 aliphatic rings. The van der Waals surface area contributed by atoms with Gasteiger partial charge in [-0.05, 0) is 48.0 Å². The van der Waals surface area contributed by atoms with E-state index in [4.69, 9.17) is 0 Å². The largest absolute Gasteiger partial charge is 0.326 e. The molecule has 2 aromatic carbocycles. The van der Waals surface area contributed by atoms with Gasteiger partial charge in [-0.2, -0.15) is 0 Å². The van der Waals surface area contributed by atoms with Crippen molar-refractivity contribution in [3.8, 4) is 0 Å². The molecule has 0 radical (unpaired) electrons. The predicted molar refractivity (Wildman–Crippen MR) is 88.3 cm³/mol. The molecule has 0 unspecified atom stereocenters. The highest BCUT2D eigenvalue weighted by molar-refractivity contribution is 5.91. The van der Waals surface area contributed by atoms with Crippen LogP contribution in [0.15, 0.2) is 54.7 Å². The Balaban J connectivity index is 1.84. The van der Waals surface area contributed by atoms with E-state index in [1.54, 1.807) is 42.5 Å². The fourth-order valence-corrected chi connectivity index (χ4v) is 1.79. The maximum Gasteiger partial charge on any atom is 0.323 e. The number of amides is 3. The lowest BCUT2D eigenvalue weighted by Gasteiger charge is -2.06. The van der Waals surface area contributed by atoms with Crippen molar-refractivity contribution in [1.29, 1.82) is 0 Å². The SMILES string of the molecule is CC(=O)Nc1ccc(NC(=O)N/C=C/c2ccc(F)cc2)cc1. The lowest BCUT2D eigenvalue weighted by atomic mass is 10.2. The van der Waals surface area contributed by atoms with E-state index in [-0.39, 0.29) is 11.7 Å². The van der Waals surface area contributed by atoms with Gasteiger partial charge in [0, 0.05) is 24.5 Å². The quantitative estimate of drug-likeness (QED) is 0.807. The third-order valence-corrected chi connectivity index (χ3v) is 2.82. The number of carbonyl (C=O) groups is 2. The number of hydrogen-bond donors (Lipinski definition) is 3. The second kappa shape index (κ2) is 7.74. The first-order chi connectivity index (χ1) is 11.0. The molecule has 0 spiro atoms. The smallest absolute Gasteiger partial charge is 0.323 e. The van der Waals surface area contributed by atoms with Crippen LogP contribution >= 0.6 is 0 Å². The van der Waals surface area contributed by atoms with Crippen LogP contribution in [0.4, 0.5) is 20.6 Å². The number of rotatable bonds is 4. The summed E-state index contributed by atoms with van der Waals surface area (Å²) in [6.45, 7) is 1.42. The molecule has 6 heteroatoms. The molecule has 0 aliphatic heterocycles. The summed E-state index contributed by atoms with van der Waals surface area (Å²) < 4.78 is 12.8. The molecule has 0 aromatic heterocycles. The number of halogens is 1. The molecule has 0 fully saturated rings. The van der Waals surface area contributed by atoms with Gasteiger partial charge in [-0.15, -0.1) is 0 Å². The molecule has 3 N–H and O–H groups in total. The lowest BCUT2D eigenvalue weighted by Crippen LogP contribution is -2.23. The molecule has 0 aliphatic carbocycles. The van der Waals surface area contributed by atoms with Gasteiger partial charge < -0.3 is 16.0 Å². The first-order valence-electron chi connectivity index (χ1n) is 6.90. The van der Waals surface area contributed by atoms with E-state index in [2.05, 4.69) is 16.0 Å². The molecule has 118 valence electrons. The Morgan fingerprint density at radius 3 is 2.04 bits per heavy atom. The summed E-state index contributed by atoms with van der Waals surface area (Å²) in [5.74, 6) is -0.468. The Hall–Kier alpha value is -3.15. The predicted octanol–water partition coefficient (Wildman–Crippen LogP) is 3.58. The van der Waals surface area contributed by atoms with Crippen molar-refractivity contribution in [2.75, 3.05) is 10.6 Å². The lowest BCUT2D eigenvalue weighted by molar-refractivity contribution is -0.114. The zero-order chi connectivity index (χ0) is 16.7. The van der Waals surface area contributed by atoms with Gasteiger partial charge in [0.2, 0.25) is 5.91 Å². The first kappa shape index (κ1) is 16.2. The second-order valence-corrected chi connectivity index (χ2v) is 4.74. The summed E-state index contributed by atoms with van der Waals surface area (Å²) in [7, 11) is 0. The number of hydrogen-bond acceptors (Lipinski definition) is 2. The minimum atomic E-state index is -0.407. The summed E-state index contributed by atoms with van der Waals surface area (Å²) >= 11 is 0. The standard InChI is InChI=1S/C17H16FN3O2/c1-12(22)20-15-6-8-16(9-7-15)21-17(23)19-11-10-13-2-4-14(18)5-3-13/h2-11H,1H3,(H,20,22)(H2,19,21,23)/b11-10+. The highest BCUT2D eigenvalue weighted by Gasteiger charge is 2.00. The monoisotopic (exact) mass is 313 g/mol. The van der Waals surface area contributed by atoms with E-state index >= 15 is 0 Å². The third-order valence-electron chi connectivity index (χ3n) is 2.82. The zero-order valence-electron chi connectivity index (χ0n) is 12.5. The Morgan fingerprint density at radius 1 is 0.913 bits per heavy atom. The Kier molecular flexibility index (Phi) is 5.46. The van der Waals surface area contributed by atoms with Crippen molar-refractivity contribution in [3.63, 3.8) is 0 Å². The van der Waals surface area contributed by atoms with Crippen LogP contribution < -0.4 is 16.0 Å². The van der Waals surface area contributed by atoms with Gasteiger partial charge in [0.05, 0.1) is 0 Å². The maximum atomic E-state index is 12.8. The van der Waals surface area contributed by atoms with Crippen molar-refractivity contribution >= 4 is 29.4 Å². The van der Waals surface area contributed by atoms with E-state index in [1.807, 2.05) is 0 Å². The van der Waals surface area contributed by atoms with E-state index in [0.29, 0.717) is 11.4 Å². The second-order valence-electron chi connectivity index (χ2n) is 4.74. The fraction of sp³-hybridized carbons (Fsp3) is 0.0588. The van der Waals surface area contributed by atoms with Crippen molar-refractivity contribution < 1.29 is 14.0 Å². The average molecular weight is 313 g/mol. The zero-order valence-corrected chi connectivity index (χ0v) is 12.5. The van der Waals surface area contributed by atoms with E-state index < -0.39 is 6.03 Å². The minimum Gasteiger partial charge on any atom is -0.326 e. The molecule has 5 nitrogen and oxygen atoms in total. The van der Waals surface area contributed by atoms with E-state index in [0.717, 1.165) is 5.56 Å². The molecule has 23 heavy (non-hydrogen) atoms. The van der Waals surface area contributed by atoms with Gasteiger partial charge in [-0.1, -0.05) is 12.1 Å². The Morgan fingerprint density at radius 2 is 1.48 bits per heavy atom. The van der Waals surface area contributed by atoms with Crippen LogP contribution in [0.25, 0.3) is 6.08 Å². The van der Waals surface area contributed by atoms with Crippen LogP contribution in [-0.4, -0.2) is 11.9 Å². The highest BCUT2D eigenvalue weighted by atomic mass is 19.1. The van der Waals surface area contributed by atoms with Gasteiger partial charge in [-0.3, -0.25) is 4.79 Å². The summed E-state index contributed by atoms with van der Waals surface area (Å²) in [5.41, 5.74) is 2.01. The molecule has 2 aromatic rings. The summed E-state index contributed by atoms with van der Waals surface area (Å²) in [6, 6.07) is 12.2. The van der Waals surface area contributed by atoms with Crippen LogP contribution in [0.3, 0.4) is 0 Å². The van der Waals surface area contributed by atoms with E-state index in [1.165, 1.54) is 25.3 Å². The van der Waals surface area contributed by atoms with Crippen molar-refractivity contribution in [2.45, 2.75) is 6.92 Å². The van der Waals surface area contributed by atoms with Gasteiger partial charge in [0.25, 0.3) is 0 Å². The van der Waals surface area contributed by atoms with Gasteiger partial charge in [0.1, 0.15) is 5.82 Å². The fourth-order valence-electron chi connectivity index (χ4n) is 1.79. The normalized spacial score (nSPS) is 10.3. The molecule has 0 atom stereocenters. The molecule has 3 amide bonds. The third kappa shape index (κ3) is 5.62. The molecular weight excluding hydrogens is 297 g/mol. The molecule has 2 rings (SSSR count). The minimum absolute atomic E-state index is 0.158. The number of urea groups is 1. The van der Waals surface area contributed by atoms with Crippen molar-refractivity contribution in [1.82, 2.24) is 5.32 Å². The summed E-state index contributed by atoms with van der Waals surface area (Å²) in [4.78, 5) is 22.6. The number of anilines is 2. The van der Waals surface area contributed by atoms with Crippen LogP contribution in [-0.2, 0) is 4.79 Å². The van der Waals surface area contributed by atoms with E-state index in [9.17, 15) is 14.0 Å². The highest BCUT2D eigenvalue weighted by Crippen LogP contribution is 2.13. The molecule has 0 saturated carbocycles. The van der Waals surface area contributed by atoms with Crippen LogP contribution in [0, 0.1) is 5.82 Å². The van der Waals surface area contributed by atoms with Crippen molar-refractivity contribution in [2.24, 2.45) is 0 Å². The Labute approximate surface area is 133 Å². The number of nitrogens with one attached hydrogen (secondary N) is 3. The van der Waals surface area contributed by atoms with Crippen LogP contribution in [0.5, 0.6) is 0 Å². The molecule has 0 bridgehead atoms. The molecular formula is C17H16FN3O2. The summed E-state index contributed by atoms with van der Waals surface area (Å²) in [6.07, 6.45) is 3.12. The van der Waals surface area contributed by atoms with Crippen molar-refractivity contribution in [3.05, 3.63) is 66.1 Å². The van der Waals surface area contributed by atoms with Gasteiger partial charge in [-0.25, -0.2) is 9.18 Å². The first-order valence-corrected chi connectivity index (χ1v) is 6.90.